The van der Waals surface area contributed by atoms with Crippen molar-refractivity contribution in [1.29, 1.82) is 0 Å². The second-order valence-corrected chi connectivity index (χ2v) is 4.51. The average Bonchev–Trinajstić information content (AvgIpc) is 2.81. The summed E-state index contributed by atoms with van der Waals surface area (Å²) in [5, 5.41) is 2.80. The van der Waals surface area contributed by atoms with Gasteiger partial charge in [-0.05, 0) is 17.7 Å². The number of hydrogen-bond donors (Lipinski definition) is 2. The molecule has 1 saturated heterocycles. The summed E-state index contributed by atoms with van der Waals surface area (Å²) >= 11 is 0. The van der Waals surface area contributed by atoms with Crippen molar-refractivity contribution in [2.24, 2.45) is 5.73 Å². The van der Waals surface area contributed by atoms with Crippen LogP contribution >= 0.6 is 0 Å². The molecule has 0 unspecified atom stereocenters. The number of amides is 2. The minimum atomic E-state index is 0.0408. The Bertz CT molecular complexity index is 421. The van der Waals surface area contributed by atoms with Crippen LogP contribution in [-0.2, 0) is 6.54 Å². The lowest BCUT2D eigenvalue weighted by Crippen LogP contribution is -2.35. The monoisotopic (exact) mass is 248 g/mol. The van der Waals surface area contributed by atoms with Gasteiger partial charge in [0.25, 0.3) is 0 Å². The molecule has 2 amide bonds. The van der Waals surface area contributed by atoms with Gasteiger partial charge in [-0.25, -0.2) is 4.79 Å². The number of carbonyl (C=O) groups excluding carboxylic acids is 1. The van der Waals surface area contributed by atoms with Gasteiger partial charge < -0.3 is 20.9 Å². The van der Waals surface area contributed by atoms with Gasteiger partial charge in [0.05, 0.1) is 0 Å². The molecule has 1 aromatic rings. The first-order valence-corrected chi connectivity index (χ1v) is 6.23. The second-order valence-electron chi connectivity index (χ2n) is 4.51. The van der Waals surface area contributed by atoms with Crippen molar-refractivity contribution < 1.29 is 4.79 Å². The Balaban J connectivity index is 1.90. The Kier molecular flexibility index (Phi) is 4.04. The van der Waals surface area contributed by atoms with Crippen LogP contribution < -0.4 is 16.0 Å². The Hall–Kier alpha value is -1.75. The molecule has 18 heavy (non-hydrogen) atoms. The van der Waals surface area contributed by atoms with E-state index in [0.29, 0.717) is 6.54 Å². The van der Waals surface area contributed by atoms with Crippen LogP contribution in [0.5, 0.6) is 0 Å². The number of nitrogens with one attached hydrogen (secondary N) is 1. The number of anilines is 1. The Morgan fingerprint density at radius 1 is 1.50 bits per heavy atom. The van der Waals surface area contributed by atoms with Crippen molar-refractivity contribution in [3.05, 3.63) is 29.8 Å². The molecule has 0 atom stereocenters. The molecule has 0 aliphatic carbocycles. The lowest BCUT2D eigenvalue weighted by atomic mass is 10.2. The third kappa shape index (κ3) is 2.92. The van der Waals surface area contributed by atoms with Crippen molar-refractivity contribution in [2.75, 3.05) is 38.1 Å². The van der Waals surface area contributed by atoms with E-state index in [0.717, 1.165) is 37.4 Å². The van der Waals surface area contributed by atoms with Gasteiger partial charge in [0.2, 0.25) is 0 Å². The smallest absolute Gasteiger partial charge is 0.317 e. The van der Waals surface area contributed by atoms with Crippen LogP contribution in [0.3, 0.4) is 0 Å². The molecule has 98 valence electrons. The summed E-state index contributed by atoms with van der Waals surface area (Å²) in [6, 6.07) is 8.22. The summed E-state index contributed by atoms with van der Waals surface area (Å²) in [6.45, 7) is 3.67. The van der Waals surface area contributed by atoms with Crippen molar-refractivity contribution in [3.8, 4) is 0 Å². The van der Waals surface area contributed by atoms with E-state index < -0.39 is 0 Å². The van der Waals surface area contributed by atoms with E-state index in [1.807, 2.05) is 24.1 Å². The zero-order valence-electron chi connectivity index (χ0n) is 10.7. The third-order valence-electron chi connectivity index (χ3n) is 3.24. The molecule has 0 aromatic heterocycles. The molecule has 1 aliphatic heterocycles. The maximum atomic E-state index is 11.4. The average molecular weight is 248 g/mol. The molecule has 1 fully saturated rings. The maximum Gasteiger partial charge on any atom is 0.317 e. The zero-order chi connectivity index (χ0) is 13.0. The van der Waals surface area contributed by atoms with Gasteiger partial charge in [-0.1, -0.05) is 12.1 Å². The minimum absolute atomic E-state index is 0.0408. The minimum Gasteiger partial charge on any atom is -0.373 e. The van der Waals surface area contributed by atoms with E-state index >= 15 is 0 Å². The van der Waals surface area contributed by atoms with Crippen molar-refractivity contribution in [1.82, 2.24) is 10.2 Å². The highest BCUT2D eigenvalue weighted by molar-refractivity contribution is 5.76. The van der Waals surface area contributed by atoms with Crippen LogP contribution in [0, 0.1) is 0 Å². The van der Waals surface area contributed by atoms with Crippen molar-refractivity contribution in [3.63, 3.8) is 0 Å². The molecule has 5 nitrogen and oxygen atoms in total. The first kappa shape index (κ1) is 12.7. The topological polar surface area (TPSA) is 61.6 Å². The first-order valence-electron chi connectivity index (χ1n) is 6.23. The lowest BCUT2D eigenvalue weighted by Gasteiger charge is -2.23. The quantitative estimate of drug-likeness (QED) is 0.802. The number of nitrogens with zero attached hydrogens (tertiary/aromatic N) is 2. The fourth-order valence-electron chi connectivity index (χ4n) is 2.05. The Labute approximate surface area is 108 Å². The third-order valence-corrected chi connectivity index (χ3v) is 3.24. The SMILES string of the molecule is CN(CCN1CCNC1=O)c1cccc(CN)c1. The standard InChI is InChI=1S/C13H20N4O/c1-16(7-8-17-6-5-15-13(17)18)12-4-2-3-11(9-12)10-14/h2-4,9H,5-8,10,14H2,1H3,(H,15,18). The van der Waals surface area contributed by atoms with Gasteiger partial charge in [-0.15, -0.1) is 0 Å². The normalized spacial score (nSPS) is 14.8. The predicted molar refractivity (Wildman–Crippen MR) is 72.6 cm³/mol. The molecule has 0 bridgehead atoms. The van der Waals surface area contributed by atoms with Gasteiger partial charge in [0.15, 0.2) is 0 Å². The van der Waals surface area contributed by atoms with Gasteiger partial charge >= 0.3 is 6.03 Å². The largest absolute Gasteiger partial charge is 0.373 e. The maximum absolute atomic E-state index is 11.4. The van der Waals surface area contributed by atoms with Crippen LogP contribution in [0.15, 0.2) is 24.3 Å². The molecular formula is C13H20N4O. The molecular weight excluding hydrogens is 228 g/mol. The summed E-state index contributed by atoms with van der Waals surface area (Å²) in [5.74, 6) is 0. The van der Waals surface area contributed by atoms with Gasteiger partial charge in [-0.2, -0.15) is 0 Å². The highest BCUT2D eigenvalue weighted by Crippen LogP contribution is 2.14. The number of carbonyl (C=O) groups is 1. The van der Waals surface area contributed by atoms with Crippen molar-refractivity contribution in [2.45, 2.75) is 6.54 Å². The van der Waals surface area contributed by atoms with Gasteiger partial charge in [-0.3, -0.25) is 0 Å². The molecule has 0 spiro atoms. The summed E-state index contributed by atoms with van der Waals surface area (Å²) in [4.78, 5) is 15.4. The fraction of sp³-hybridized carbons (Fsp3) is 0.462. The molecule has 1 heterocycles. The summed E-state index contributed by atoms with van der Waals surface area (Å²) < 4.78 is 0. The van der Waals surface area contributed by atoms with Crippen LogP contribution in [0.25, 0.3) is 0 Å². The Morgan fingerprint density at radius 3 is 3.00 bits per heavy atom. The van der Waals surface area contributed by atoms with Gasteiger partial charge in [0, 0.05) is 45.5 Å². The number of nitrogens with two attached hydrogens (primary N) is 1. The summed E-state index contributed by atoms with van der Waals surface area (Å²) in [6.07, 6.45) is 0. The molecule has 1 aromatic carbocycles. The van der Waals surface area contributed by atoms with E-state index in [1.165, 1.54) is 0 Å². The van der Waals surface area contributed by atoms with Gasteiger partial charge in [0.1, 0.15) is 0 Å². The summed E-state index contributed by atoms with van der Waals surface area (Å²) in [7, 11) is 2.03. The van der Waals surface area contributed by atoms with E-state index in [-0.39, 0.29) is 6.03 Å². The number of urea groups is 1. The van der Waals surface area contributed by atoms with E-state index in [4.69, 9.17) is 5.73 Å². The summed E-state index contributed by atoms with van der Waals surface area (Å²) in [5.41, 5.74) is 7.89. The highest BCUT2D eigenvalue weighted by Gasteiger charge is 2.19. The number of likely N-dealkylation sites (N-methyl/N-ethyl adjacent to an activating group) is 1. The van der Waals surface area contributed by atoms with Crippen LogP contribution in [-0.4, -0.2) is 44.2 Å². The molecule has 0 radical (unpaired) electrons. The number of rotatable bonds is 5. The molecule has 1 aliphatic rings. The molecule has 3 N–H and O–H groups in total. The molecule has 5 heteroatoms. The van der Waals surface area contributed by atoms with Crippen LogP contribution in [0.1, 0.15) is 5.56 Å². The molecule has 0 saturated carbocycles. The Morgan fingerprint density at radius 2 is 2.33 bits per heavy atom. The predicted octanol–water partition coefficient (Wildman–Crippen LogP) is 0.607. The van der Waals surface area contributed by atoms with Crippen LogP contribution in [0.2, 0.25) is 0 Å². The zero-order valence-corrected chi connectivity index (χ0v) is 10.7. The number of hydrogen-bond acceptors (Lipinski definition) is 3. The van der Waals surface area contributed by atoms with E-state index in [2.05, 4.69) is 22.3 Å². The van der Waals surface area contributed by atoms with E-state index in [1.54, 1.807) is 0 Å². The second kappa shape index (κ2) is 5.73. The van der Waals surface area contributed by atoms with Crippen LogP contribution in [0.4, 0.5) is 10.5 Å². The first-order chi connectivity index (χ1) is 8.70. The molecule has 2 rings (SSSR count). The highest BCUT2D eigenvalue weighted by atomic mass is 16.2. The lowest BCUT2D eigenvalue weighted by molar-refractivity contribution is 0.218. The fourth-order valence-corrected chi connectivity index (χ4v) is 2.05. The number of benzene rings is 1. The van der Waals surface area contributed by atoms with E-state index in [9.17, 15) is 4.79 Å². The van der Waals surface area contributed by atoms with Crippen molar-refractivity contribution >= 4 is 11.7 Å².